The van der Waals surface area contributed by atoms with Crippen LogP contribution in [-0.4, -0.2) is 73.3 Å². The Bertz CT molecular complexity index is 1020. The third-order valence-corrected chi connectivity index (χ3v) is 5.68. The summed E-state index contributed by atoms with van der Waals surface area (Å²) in [5.74, 6) is 0.823. The lowest BCUT2D eigenvalue weighted by Crippen LogP contribution is -2.52. The molecule has 174 valence electrons. The first-order valence-electron chi connectivity index (χ1n) is 11.0. The van der Waals surface area contributed by atoms with E-state index in [4.69, 9.17) is 9.47 Å². The zero-order chi connectivity index (χ0) is 23.2. The number of methoxy groups -OCH3 is 1. The Morgan fingerprint density at radius 2 is 1.85 bits per heavy atom. The van der Waals surface area contributed by atoms with Crippen molar-refractivity contribution in [2.45, 2.75) is 13.0 Å². The van der Waals surface area contributed by atoms with Crippen LogP contribution in [0.25, 0.3) is 0 Å². The second-order valence-corrected chi connectivity index (χ2v) is 7.70. The van der Waals surface area contributed by atoms with Crippen LogP contribution in [0.4, 0.5) is 10.7 Å². The number of benzene rings is 1. The van der Waals surface area contributed by atoms with Crippen LogP contribution in [0.2, 0.25) is 0 Å². The number of piperazine rings is 1. The van der Waals surface area contributed by atoms with Crippen LogP contribution in [-0.2, 0) is 9.53 Å². The highest BCUT2D eigenvalue weighted by Crippen LogP contribution is 2.33. The number of ether oxygens (including phenoxy) is 2. The number of nitrogens with zero attached hydrogens (tertiary/aromatic N) is 4. The van der Waals surface area contributed by atoms with Crippen molar-refractivity contribution in [3.05, 3.63) is 59.6 Å². The fraction of sp³-hybridized carbons (Fsp3) is 0.391. The maximum absolute atomic E-state index is 12.9. The van der Waals surface area contributed by atoms with Crippen molar-refractivity contribution < 1.29 is 19.1 Å². The van der Waals surface area contributed by atoms with Gasteiger partial charge >= 0.3 is 12.0 Å². The van der Waals surface area contributed by atoms with Crippen molar-refractivity contribution in [3.8, 4) is 5.75 Å². The molecule has 2 aromatic rings. The van der Waals surface area contributed by atoms with E-state index >= 15 is 0 Å². The zero-order valence-corrected chi connectivity index (χ0v) is 18.8. The van der Waals surface area contributed by atoms with Gasteiger partial charge in [-0.15, -0.1) is 0 Å². The maximum atomic E-state index is 12.9. The second kappa shape index (κ2) is 10.3. The van der Waals surface area contributed by atoms with Crippen molar-refractivity contribution in [1.82, 2.24) is 25.5 Å². The predicted molar refractivity (Wildman–Crippen MR) is 122 cm³/mol. The van der Waals surface area contributed by atoms with E-state index in [1.54, 1.807) is 18.5 Å². The van der Waals surface area contributed by atoms with Crippen LogP contribution in [0.3, 0.4) is 0 Å². The number of nitrogens with one attached hydrogen (secondary N) is 2. The standard InChI is InChI=1S/C23H28N6O4/c1-3-33-18-8-5-4-7-16(18)20-19(21(30)32-2)17(26-23(31)27-20)15-28-11-13-29(14-12-28)22-24-9-6-10-25-22/h4-10,20H,3,11-15H2,1-2H3,(H2,26,27,31). The van der Waals surface area contributed by atoms with Crippen LogP contribution in [0.5, 0.6) is 5.75 Å². The van der Waals surface area contributed by atoms with Crippen molar-refractivity contribution in [3.63, 3.8) is 0 Å². The van der Waals surface area contributed by atoms with Crippen molar-refractivity contribution >= 4 is 17.9 Å². The Hall–Kier alpha value is -3.66. The molecule has 33 heavy (non-hydrogen) atoms. The van der Waals surface area contributed by atoms with Crippen LogP contribution in [0.1, 0.15) is 18.5 Å². The third-order valence-electron chi connectivity index (χ3n) is 5.68. The molecule has 10 heteroatoms. The minimum Gasteiger partial charge on any atom is -0.494 e. The Morgan fingerprint density at radius 1 is 1.12 bits per heavy atom. The number of urea groups is 1. The number of amides is 2. The number of carbonyl (C=O) groups excluding carboxylic acids is 2. The highest BCUT2D eigenvalue weighted by molar-refractivity contribution is 5.95. The molecule has 3 heterocycles. The molecule has 2 aliphatic heterocycles. The molecule has 2 aliphatic rings. The summed E-state index contributed by atoms with van der Waals surface area (Å²) in [6.07, 6.45) is 3.46. The molecule has 0 saturated carbocycles. The van der Waals surface area contributed by atoms with Gasteiger partial charge in [-0.3, -0.25) is 4.90 Å². The number of rotatable bonds is 7. The third kappa shape index (κ3) is 5.06. The SMILES string of the molecule is CCOc1ccccc1C1NC(=O)NC(CN2CCN(c3ncccn3)CC2)=C1C(=O)OC. The summed E-state index contributed by atoms with van der Waals surface area (Å²) >= 11 is 0. The fourth-order valence-electron chi connectivity index (χ4n) is 4.12. The molecule has 0 aliphatic carbocycles. The number of esters is 1. The van der Waals surface area contributed by atoms with Crippen molar-refractivity contribution in [1.29, 1.82) is 0 Å². The van der Waals surface area contributed by atoms with E-state index in [0.717, 1.165) is 26.2 Å². The molecule has 2 N–H and O–H groups in total. The number of anilines is 1. The van der Waals surface area contributed by atoms with Crippen LogP contribution < -0.4 is 20.3 Å². The van der Waals surface area contributed by atoms with Gasteiger partial charge in [-0.25, -0.2) is 19.6 Å². The summed E-state index contributed by atoms with van der Waals surface area (Å²) in [5, 5.41) is 5.69. The lowest BCUT2D eigenvalue weighted by Gasteiger charge is -2.37. The molecule has 1 aromatic carbocycles. The number of hydrogen-bond acceptors (Lipinski definition) is 8. The van der Waals surface area contributed by atoms with Gasteiger partial charge in [0.05, 0.1) is 25.3 Å². The average Bonchev–Trinajstić information content (AvgIpc) is 2.85. The van der Waals surface area contributed by atoms with Gasteiger partial charge in [-0.05, 0) is 19.1 Å². The van der Waals surface area contributed by atoms with Gasteiger partial charge in [0, 0.05) is 56.4 Å². The quantitative estimate of drug-likeness (QED) is 0.608. The van der Waals surface area contributed by atoms with Gasteiger partial charge in [0.1, 0.15) is 5.75 Å². The minimum absolute atomic E-state index is 0.370. The number of carbonyl (C=O) groups is 2. The molecule has 4 rings (SSSR count). The molecule has 1 fully saturated rings. The van der Waals surface area contributed by atoms with Crippen molar-refractivity contribution in [2.75, 3.05) is 51.3 Å². The first-order valence-corrected chi connectivity index (χ1v) is 11.0. The molecule has 0 bridgehead atoms. The lowest BCUT2D eigenvalue weighted by atomic mass is 9.94. The van der Waals surface area contributed by atoms with Crippen molar-refractivity contribution in [2.24, 2.45) is 0 Å². The molecule has 10 nitrogen and oxygen atoms in total. The molecule has 1 aromatic heterocycles. The smallest absolute Gasteiger partial charge is 0.338 e. The topological polar surface area (TPSA) is 109 Å². The number of para-hydroxylation sites is 1. The lowest BCUT2D eigenvalue weighted by molar-refractivity contribution is -0.136. The summed E-state index contributed by atoms with van der Waals surface area (Å²) in [6, 6.07) is 8.13. The number of hydrogen-bond donors (Lipinski definition) is 2. The molecule has 0 spiro atoms. The summed E-state index contributed by atoms with van der Waals surface area (Å²) in [4.78, 5) is 38.4. The highest BCUT2D eigenvalue weighted by atomic mass is 16.5. The summed E-state index contributed by atoms with van der Waals surface area (Å²) < 4.78 is 10.9. The van der Waals surface area contributed by atoms with E-state index < -0.39 is 12.0 Å². The molecular weight excluding hydrogens is 424 g/mol. The monoisotopic (exact) mass is 452 g/mol. The van der Waals surface area contributed by atoms with E-state index in [9.17, 15) is 9.59 Å². The minimum atomic E-state index is -0.678. The zero-order valence-electron chi connectivity index (χ0n) is 18.8. The van der Waals surface area contributed by atoms with Crippen LogP contribution in [0, 0.1) is 0 Å². The molecule has 2 amide bonds. The predicted octanol–water partition coefficient (Wildman–Crippen LogP) is 1.48. The van der Waals surface area contributed by atoms with Gasteiger partial charge in [0.15, 0.2) is 0 Å². The second-order valence-electron chi connectivity index (χ2n) is 7.70. The normalized spacial score (nSPS) is 19.0. The van der Waals surface area contributed by atoms with Gasteiger partial charge in [-0.2, -0.15) is 0 Å². The van der Waals surface area contributed by atoms with Gasteiger partial charge in [0.25, 0.3) is 0 Å². The van der Waals surface area contributed by atoms with E-state index in [1.807, 2.05) is 31.2 Å². The first-order chi connectivity index (χ1) is 16.1. The van der Waals surface area contributed by atoms with Crippen LogP contribution in [0.15, 0.2) is 54.0 Å². The Kier molecular flexibility index (Phi) is 7.04. The highest BCUT2D eigenvalue weighted by Gasteiger charge is 2.36. The van der Waals surface area contributed by atoms with E-state index in [1.165, 1.54) is 7.11 Å². The largest absolute Gasteiger partial charge is 0.494 e. The van der Waals surface area contributed by atoms with E-state index in [2.05, 4.69) is 30.4 Å². The average molecular weight is 453 g/mol. The van der Waals surface area contributed by atoms with Crippen LogP contribution >= 0.6 is 0 Å². The Balaban J connectivity index is 1.58. The van der Waals surface area contributed by atoms with Gasteiger partial charge < -0.3 is 25.0 Å². The number of aromatic nitrogens is 2. The fourth-order valence-corrected chi connectivity index (χ4v) is 4.12. The van der Waals surface area contributed by atoms with E-state index in [0.29, 0.717) is 41.7 Å². The molecule has 1 saturated heterocycles. The first kappa shape index (κ1) is 22.5. The summed E-state index contributed by atoms with van der Waals surface area (Å²) in [7, 11) is 1.34. The summed E-state index contributed by atoms with van der Waals surface area (Å²) in [6.45, 7) is 5.73. The molecule has 1 unspecified atom stereocenters. The Labute approximate surface area is 192 Å². The molecule has 0 radical (unpaired) electrons. The maximum Gasteiger partial charge on any atom is 0.338 e. The Morgan fingerprint density at radius 3 is 2.55 bits per heavy atom. The van der Waals surface area contributed by atoms with Gasteiger partial charge in [0.2, 0.25) is 5.95 Å². The summed E-state index contributed by atoms with van der Waals surface area (Å²) in [5.41, 5.74) is 1.61. The molecular formula is C23H28N6O4. The van der Waals surface area contributed by atoms with Gasteiger partial charge in [-0.1, -0.05) is 18.2 Å². The van der Waals surface area contributed by atoms with E-state index in [-0.39, 0.29) is 6.03 Å². The molecule has 1 atom stereocenters.